The van der Waals surface area contributed by atoms with Crippen molar-refractivity contribution >= 4 is 28.7 Å². The van der Waals surface area contributed by atoms with Crippen LogP contribution >= 0.6 is 0 Å². The number of rotatable bonds is 9. The van der Waals surface area contributed by atoms with Gasteiger partial charge in [0.1, 0.15) is 35.7 Å². The second kappa shape index (κ2) is 13.2. The van der Waals surface area contributed by atoms with Crippen LogP contribution in [0.1, 0.15) is 26.3 Å². The van der Waals surface area contributed by atoms with Crippen molar-refractivity contribution in [2.45, 2.75) is 62.7 Å². The number of hydrogen-bond acceptors (Lipinski definition) is 7. The summed E-state index contributed by atoms with van der Waals surface area (Å²) in [6, 6.07) is 7.76. The molecule has 1 heterocycles. The molecular formula is C28H34F2N2O7S. The fraction of sp³-hybridized carbons (Fsp3) is 0.429. The Kier molecular flexibility index (Phi) is 10.4. The maximum Gasteiger partial charge on any atom is 0.254 e. The Bertz CT molecular complexity index is 1220. The Hall–Kier alpha value is -2.87. The topological polar surface area (TPSA) is 142 Å². The Morgan fingerprint density at radius 2 is 1.80 bits per heavy atom. The van der Waals surface area contributed by atoms with E-state index in [1.807, 2.05) is 20.8 Å². The molecular weight excluding hydrogens is 546 g/mol. The summed E-state index contributed by atoms with van der Waals surface area (Å²) in [5, 5.41) is 33.8. The van der Waals surface area contributed by atoms with Crippen LogP contribution in [0.3, 0.4) is 0 Å². The Labute approximate surface area is 234 Å². The average molecular weight is 581 g/mol. The third-order valence-corrected chi connectivity index (χ3v) is 7.65. The predicted molar refractivity (Wildman–Crippen MR) is 145 cm³/mol. The van der Waals surface area contributed by atoms with Gasteiger partial charge in [-0.15, -0.1) is 0 Å². The molecule has 0 bridgehead atoms. The Balaban J connectivity index is 1.85. The molecule has 1 unspecified atom stereocenters. The number of fused-ring (bicyclic) bond motifs is 1. The van der Waals surface area contributed by atoms with Crippen LogP contribution in [0.2, 0.25) is 0 Å². The van der Waals surface area contributed by atoms with Crippen LogP contribution < -0.4 is 10.2 Å². The molecule has 1 aliphatic rings. The number of aliphatic hydroxyl groups is 3. The van der Waals surface area contributed by atoms with Crippen molar-refractivity contribution in [2.75, 3.05) is 17.8 Å². The van der Waals surface area contributed by atoms with Crippen molar-refractivity contribution in [1.29, 1.82) is 0 Å². The van der Waals surface area contributed by atoms with Crippen molar-refractivity contribution in [3.05, 3.63) is 71.8 Å². The molecule has 0 saturated carbocycles. The highest BCUT2D eigenvalue weighted by atomic mass is 32.2. The zero-order valence-corrected chi connectivity index (χ0v) is 23.4. The summed E-state index contributed by atoms with van der Waals surface area (Å²) in [5.74, 6) is -3.72. The van der Waals surface area contributed by atoms with Gasteiger partial charge in [-0.2, -0.15) is 0 Å². The highest BCUT2D eigenvalue weighted by molar-refractivity contribution is 7.91. The van der Waals surface area contributed by atoms with E-state index in [1.165, 1.54) is 17.0 Å². The molecule has 218 valence electrons. The molecule has 2 aromatic carbocycles. The number of anilines is 1. The molecule has 6 atom stereocenters. The SMILES string of the molecule is CO[C@@H](C(=O)N[C@H]1C[S+]([O-])c2ccccc2N(Cc2cc(F)cc(F)c2)C1=O)[C@H](O)[C@@H](O)[C@H](O)/C=C/C(C)(C)C. The van der Waals surface area contributed by atoms with Crippen LogP contribution in [0, 0.1) is 17.0 Å². The van der Waals surface area contributed by atoms with Crippen molar-refractivity contribution in [1.82, 2.24) is 5.32 Å². The van der Waals surface area contributed by atoms with Gasteiger partial charge in [-0.25, -0.2) is 8.78 Å². The lowest BCUT2D eigenvalue weighted by Gasteiger charge is -2.29. The molecule has 0 aliphatic carbocycles. The normalized spacial score (nSPS) is 20.9. The standard InChI is InChI=1S/C28H34F2N2O7S/c1-28(2,3)10-9-21(33)23(34)24(35)25(39-4)26(36)31-19-15-40(38)22-8-6-5-7-20(22)32(27(19)37)14-16-11-17(29)13-18(30)12-16/h5-13,19,21,23-25,33-35H,14-15H2,1-4H3,(H,31,36)/b10-9+/t19-,21+,23-,24+,25+,40?/m0/s1. The first kappa shape index (κ1) is 31.7. The number of nitrogens with zero attached hydrogens (tertiary/aromatic N) is 1. The van der Waals surface area contributed by atoms with E-state index in [0.29, 0.717) is 6.07 Å². The Morgan fingerprint density at radius 3 is 2.40 bits per heavy atom. The van der Waals surface area contributed by atoms with Gasteiger partial charge in [0.2, 0.25) is 0 Å². The number of allylic oxidation sites excluding steroid dienone is 1. The van der Waals surface area contributed by atoms with E-state index < -0.39 is 65.1 Å². The lowest BCUT2D eigenvalue weighted by atomic mass is 9.94. The number of aliphatic hydroxyl groups excluding tert-OH is 3. The molecule has 2 aromatic rings. The molecule has 9 nitrogen and oxygen atoms in total. The molecule has 1 aliphatic heterocycles. The molecule has 0 radical (unpaired) electrons. The van der Waals surface area contributed by atoms with Crippen LogP contribution in [0.4, 0.5) is 14.5 Å². The molecule has 0 fully saturated rings. The minimum atomic E-state index is -1.89. The van der Waals surface area contributed by atoms with Crippen molar-refractivity contribution in [3.8, 4) is 0 Å². The summed E-state index contributed by atoms with van der Waals surface area (Å²) < 4.78 is 46.0. The lowest BCUT2D eigenvalue weighted by molar-refractivity contribution is -0.150. The molecule has 12 heteroatoms. The molecule has 4 N–H and O–H groups in total. The van der Waals surface area contributed by atoms with E-state index in [1.54, 1.807) is 24.3 Å². The van der Waals surface area contributed by atoms with Gasteiger partial charge in [0.25, 0.3) is 11.8 Å². The summed E-state index contributed by atoms with van der Waals surface area (Å²) in [6.07, 6.45) is -4.00. The van der Waals surface area contributed by atoms with Crippen molar-refractivity contribution in [2.24, 2.45) is 5.41 Å². The number of hydrogen-bond donors (Lipinski definition) is 4. The van der Waals surface area contributed by atoms with Crippen LogP contribution in [-0.2, 0) is 32.0 Å². The third kappa shape index (κ3) is 7.87. The monoisotopic (exact) mass is 580 g/mol. The van der Waals surface area contributed by atoms with Gasteiger partial charge in [-0.05, 0) is 46.4 Å². The number of nitrogens with one attached hydrogen (secondary N) is 1. The molecule has 0 spiro atoms. The smallest absolute Gasteiger partial charge is 0.254 e. The minimum absolute atomic E-state index is 0.129. The number of para-hydroxylation sites is 1. The molecule has 2 amide bonds. The highest BCUT2D eigenvalue weighted by Gasteiger charge is 2.41. The van der Waals surface area contributed by atoms with Crippen LogP contribution in [0.5, 0.6) is 0 Å². The first-order valence-electron chi connectivity index (χ1n) is 12.5. The predicted octanol–water partition coefficient (Wildman–Crippen LogP) is 1.80. The maximum atomic E-state index is 13.9. The number of halogens is 2. The van der Waals surface area contributed by atoms with E-state index >= 15 is 0 Å². The van der Waals surface area contributed by atoms with Crippen molar-refractivity contribution in [3.63, 3.8) is 0 Å². The van der Waals surface area contributed by atoms with E-state index in [2.05, 4.69) is 5.32 Å². The molecule has 40 heavy (non-hydrogen) atoms. The molecule has 0 saturated heterocycles. The first-order chi connectivity index (χ1) is 18.7. The summed E-state index contributed by atoms with van der Waals surface area (Å²) in [6.45, 7) is 5.31. The summed E-state index contributed by atoms with van der Waals surface area (Å²) >= 11 is -1.77. The number of amides is 2. The van der Waals surface area contributed by atoms with Gasteiger partial charge in [0.15, 0.2) is 17.0 Å². The average Bonchev–Trinajstić information content (AvgIpc) is 2.96. The van der Waals surface area contributed by atoms with Gasteiger partial charge >= 0.3 is 0 Å². The second-order valence-electron chi connectivity index (χ2n) is 10.6. The number of methoxy groups -OCH3 is 1. The number of carbonyl (C=O) groups excluding carboxylic acids is 2. The van der Waals surface area contributed by atoms with Gasteiger partial charge in [-0.3, -0.25) is 9.59 Å². The second-order valence-corrected chi connectivity index (χ2v) is 12.1. The molecule has 3 rings (SSSR count). The largest absolute Gasteiger partial charge is 0.611 e. The summed E-state index contributed by atoms with van der Waals surface area (Å²) in [7, 11) is 1.10. The van der Waals surface area contributed by atoms with Crippen molar-refractivity contribution < 1.29 is 43.0 Å². The van der Waals surface area contributed by atoms with E-state index in [4.69, 9.17) is 4.74 Å². The van der Waals surface area contributed by atoms with Gasteiger partial charge < -0.3 is 34.8 Å². The van der Waals surface area contributed by atoms with Crippen LogP contribution in [0.15, 0.2) is 59.5 Å². The highest BCUT2D eigenvalue weighted by Crippen LogP contribution is 2.32. The lowest BCUT2D eigenvalue weighted by Crippen LogP contribution is -2.57. The van der Waals surface area contributed by atoms with Crippen LogP contribution in [0.25, 0.3) is 0 Å². The summed E-state index contributed by atoms with van der Waals surface area (Å²) in [5.41, 5.74) is 0.0590. The zero-order chi connectivity index (χ0) is 29.8. The van der Waals surface area contributed by atoms with Gasteiger partial charge in [0.05, 0.1) is 12.2 Å². The van der Waals surface area contributed by atoms with Gasteiger partial charge in [-0.1, -0.05) is 45.1 Å². The third-order valence-electron chi connectivity index (χ3n) is 6.18. The first-order valence-corrected chi connectivity index (χ1v) is 13.8. The fourth-order valence-electron chi connectivity index (χ4n) is 4.18. The van der Waals surface area contributed by atoms with E-state index in [0.717, 1.165) is 19.2 Å². The van der Waals surface area contributed by atoms with E-state index in [9.17, 15) is 38.2 Å². The number of carbonyl (C=O) groups is 2. The Morgan fingerprint density at radius 1 is 1.18 bits per heavy atom. The summed E-state index contributed by atoms with van der Waals surface area (Å²) in [4.78, 5) is 28.3. The molecule has 0 aromatic heterocycles. The number of ether oxygens (including phenoxy) is 1. The van der Waals surface area contributed by atoms with Crippen LogP contribution in [-0.4, -0.2) is 75.0 Å². The minimum Gasteiger partial charge on any atom is -0.611 e. The quantitative estimate of drug-likeness (QED) is 0.262. The maximum absolute atomic E-state index is 13.9. The zero-order valence-electron chi connectivity index (χ0n) is 22.6. The van der Waals surface area contributed by atoms with E-state index in [-0.39, 0.29) is 33.9 Å². The number of benzene rings is 2. The fourth-order valence-corrected chi connectivity index (χ4v) is 5.53. The van der Waals surface area contributed by atoms with Gasteiger partial charge in [0, 0.05) is 13.2 Å².